The molecule has 0 saturated carbocycles. The number of alkyl halides is 6. The predicted molar refractivity (Wildman–Crippen MR) is 111 cm³/mol. The van der Waals surface area contributed by atoms with Gasteiger partial charge in [-0.2, -0.15) is 26.3 Å². The molecule has 0 aliphatic rings. The van der Waals surface area contributed by atoms with Crippen molar-refractivity contribution >= 4 is 28.3 Å². The van der Waals surface area contributed by atoms with Crippen LogP contribution in [-0.2, 0) is 12.1 Å². The number of rotatable bonds is 6. The van der Waals surface area contributed by atoms with E-state index in [0.29, 0.717) is 11.1 Å². The highest BCUT2D eigenvalue weighted by Crippen LogP contribution is 2.52. The van der Waals surface area contributed by atoms with Crippen molar-refractivity contribution < 1.29 is 46.1 Å². The lowest BCUT2D eigenvalue weighted by molar-refractivity contribution is -0.375. The molecule has 7 nitrogen and oxygen atoms in total. The van der Waals surface area contributed by atoms with Crippen molar-refractivity contribution in [1.29, 1.82) is 0 Å². The van der Waals surface area contributed by atoms with Gasteiger partial charge in [0, 0.05) is 24.2 Å². The van der Waals surface area contributed by atoms with Crippen molar-refractivity contribution in [2.45, 2.75) is 31.4 Å². The molecule has 0 radical (unpaired) electrons. The average Bonchev–Trinajstić information content (AvgIpc) is 3.25. The molecular formula is C21H15F6N3O4S. The number of carboxylic acid groups (broad SMARTS) is 1. The second-order valence-electron chi connectivity index (χ2n) is 7.29. The summed E-state index contributed by atoms with van der Waals surface area (Å²) in [5.74, 6) is -2.03. The molecule has 0 aliphatic carbocycles. The predicted octanol–water partition coefficient (Wildman–Crippen LogP) is 4.70. The molecule has 1 amide bonds. The molecular weight excluding hydrogens is 504 g/mol. The minimum absolute atomic E-state index is 0.0116. The number of aromatic nitrogens is 2. The monoisotopic (exact) mass is 519 g/mol. The number of benzene rings is 1. The van der Waals surface area contributed by atoms with Crippen molar-refractivity contribution in [1.82, 2.24) is 9.97 Å². The fourth-order valence-corrected chi connectivity index (χ4v) is 4.16. The van der Waals surface area contributed by atoms with E-state index < -0.39 is 39.8 Å². The van der Waals surface area contributed by atoms with Gasteiger partial charge in [-0.1, -0.05) is 23.5 Å². The highest BCUT2D eigenvalue weighted by atomic mass is 32.1. The zero-order chi connectivity index (χ0) is 26.2. The highest BCUT2D eigenvalue weighted by molar-refractivity contribution is 7.16. The van der Waals surface area contributed by atoms with Crippen molar-refractivity contribution in [2.24, 2.45) is 0 Å². The lowest BCUT2D eigenvalue weighted by atomic mass is 10.0. The maximum Gasteiger partial charge on any atom is 0.431 e. The number of anilines is 1. The third kappa shape index (κ3) is 4.98. The first-order valence-corrected chi connectivity index (χ1v) is 10.4. The number of halogens is 6. The fraction of sp³-hybridized carbons (Fsp3) is 0.238. The van der Waals surface area contributed by atoms with E-state index in [9.17, 15) is 46.1 Å². The quantitative estimate of drug-likeness (QED) is 0.458. The Morgan fingerprint density at radius 2 is 1.63 bits per heavy atom. The Labute approximate surface area is 197 Å². The van der Waals surface area contributed by atoms with Gasteiger partial charge >= 0.3 is 18.3 Å². The molecule has 186 valence electrons. The maximum absolute atomic E-state index is 13.3. The minimum Gasteiger partial charge on any atom is -0.478 e. The molecule has 0 aliphatic heterocycles. The Morgan fingerprint density at radius 3 is 2.14 bits per heavy atom. The van der Waals surface area contributed by atoms with Crippen LogP contribution < -0.4 is 4.90 Å². The van der Waals surface area contributed by atoms with Crippen LogP contribution in [0, 0.1) is 6.92 Å². The van der Waals surface area contributed by atoms with Crippen LogP contribution in [0.5, 0.6) is 0 Å². The van der Waals surface area contributed by atoms with E-state index in [4.69, 9.17) is 0 Å². The van der Waals surface area contributed by atoms with E-state index in [1.165, 1.54) is 49.6 Å². The molecule has 14 heteroatoms. The van der Waals surface area contributed by atoms with Gasteiger partial charge in [-0.15, -0.1) is 0 Å². The summed E-state index contributed by atoms with van der Waals surface area (Å²) in [6, 6.07) is 6.57. The summed E-state index contributed by atoms with van der Waals surface area (Å²) in [5, 5.41) is 18.3. The first-order chi connectivity index (χ1) is 16.2. The molecule has 2 aromatic heterocycles. The number of aryl methyl sites for hydroxylation is 1. The molecule has 1 aromatic carbocycles. The van der Waals surface area contributed by atoms with Gasteiger partial charge in [0.2, 0.25) is 0 Å². The number of pyridine rings is 1. The van der Waals surface area contributed by atoms with Gasteiger partial charge in [-0.05, 0) is 36.2 Å². The van der Waals surface area contributed by atoms with Crippen LogP contribution in [0.4, 0.5) is 31.5 Å². The molecule has 3 aromatic rings. The van der Waals surface area contributed by atoms with Crippen molar-refractivity contribution in [3.05, 3.63) is 76.1 Å². The van der Waals surface area contributed by atoms with E-state index in [-0.39, 0.29) is 35.2 Å². The standard InChI is InChI=1S/C21H15F6N3O4S/c1-11-8-12(2-3-14(11)17(32)33)10-30(16(31)13-4-6-28-7-5-13)18-29-9-15(35-18)19(34,20(22,23)24)21(25,26)27/h2-9,34H,10H2,1H3,(H,32,33). The van der Waals surface area contributed by atoms with Crippen LogP contribution in [0.15, 0.2) is 48.9 Å². The summed E-state index contributed by atoms with van der Waals surface area (Å²) in [6.07, 6.45) is -9.49. The summed E-state index contributed by atoms with van der Waals surface area (Å²) in [5.41, 5.74) is -4.57. The molecule has 2 N–H and O–H groups in total. The normalized spacial score (nSPS) is 12.5. The van der Waals surface area contributed by atoms with Crippen LogP contribution in [0.2, 0.25) is 0 Å². The Bertz CT molecular complexity index is 1230. The summed E-state index contributed by atoms with van der Waals surface area (Å²) in [6.45, 7) is 1.11. The van der Waals surface area contributed by atoms with Crippen LogP contribution in [0.1, 0.15) is 36.7 Å². The van der Waals surface area contributed by atoms with E-state index in [2.05, 4.69) is 9.97 Å². The third-order valence-electron chi connectivity index (χ3n) is 4.94. The first-order valence-electron chi connectivity index (χ1n) is 9.53. The molecule has 35 heavy (non-hydrogen) atoms. The van der Waals surface area contributed by atoms with Gasteiger partial charge in [0.1, 0.15) is 0 Å². The van der Waals surface area contributed by atoms with Gasteiger partial charge in [0.25, 0.3) is 11.5 Å². The van der Waals surface area contributed by atoms with E-state index in [1.807, 2.05) is 0 Å². The topological polar surface area (TPSA) is 104 Å². The number of aromatic carboxylic acids is 1. The van der Waals surface area contributed by atoms with Crippen LogP contribution in [0.25, 0.3) is 0 Å². The Kier molecular flexibility index (Phi) is 6.90. The lowest BCUT2D eigenvalue weighted by Crippen LogP contribution is -2.53. The number of carboxylic acids is 1. The second-order valence-corrected chi connectivity index (χ2v) is 8.30. The minimum atomic E-state index is -6.11. The van der Waals surface area contributed by atoms with E-state index in [1.54, 1.807) is 0 Å². The summed E-state index contributed by atoms with van der Waals surface area (Å²) >= 11 is -0.150. The number of carbonyl (C=O) groups excluding carboxylic acids is 1. The SMILES string of the molecule is Cc1cc(CN(C(=O)c2ccncc2)c2ncc(C(O)(C(F)(F)F)C(F)(F)F)s2)ccc1C(=O)O. The largest absolute Gasteiger partial charge is 0.478 e. The van der Waals surface area contributed by atoms with Gasteiger partial charge in [-0.3, -0.25) is 14.7 Å². The summed E-state index contributed by atoms with van der Waals surface area (Å²) in [4.78, 5) is 30.9. The Hall–Kier alpha value is -3.52. The molecule has 0 atom stereocenters. The first kappa shape index (κ1) is 26.1. The zero-order valence-corrected chi connectivity index (χ0v) is 18.4. The number of nitrogens with zero attached hydrogens (tertiary/aromatic N) is 3. The van der Waals surface area contributed by atoms with Gasteiger partial charge in [0.15, 0.2) is 5.13 Å². The molecule has 3 rings (SSSR count). The number of amides is 1. The summed E-state index contributed by atoms with van der Waals surface area (Å²) in [7, 11) is 0. The molecule has 0 fully saturated rings. The smallest absolute Gasteiger partial charge is 0.431 e. The number of hydrogen-bond donors (Lipinski definition) is 2. The molecule has 0 bridgehead atoms. The highest BCUT2D eigenvalue weighted by Gasteiger charge is 2.72. The van der Waals surface area contributed by atoms with Gasteiger partial charge in [-0.25, -0.2) is 9.78 Å². The number of aliphatic hydroxyl groups is 1. The van der Waals surface area contributed by atoms with Gasteiger partial charge in [0.05, 0.1) is 17.0 Å². The van der Waals surface area contributed by atoms with Crippen LogP contribution >= 0.6 is 11.3 Å². The average molecular weight is 519 g/mol. The van der Waals surface area contributed by atoms with Crippen molar-refractivity contribution in [2.75, 3.05) is 4.90 Å². The van der Waals surface area contributed by atoms with E-state index in [0.717, 1.165) is 4.90 Å². The summed E-state index contributed by atoms with van der Waals surface area (Å²) < 4.78 is 79.7. The van der Waals surface area contributed by atoms with Gasteiger partial charge < -0.3 is 10.2 Å². The second kappa shape index (κ2) is 9.26. The van der Waals surface area contributed by atoms with Crippen molar-refractivity contribution in [3.8, 4) is 0 Å². The number of hydrogen-bond acceptors (Lipinski definition) is 6. The molecule has 0 saturated heterocycles. The van der Waals surface area contributed by atoms with Crippen LogP contribution in [0.3, 0.4) is 0 Å². The fourth-order valence-electron chi connectivity index (χ4n) is 3.12. The lowest BCUT2D eigenvalue weighted by Gasteiger charge is -2.30. The van der Waals surface area contributed by atoms with Crippen LogP contribution in [-0.4, -0.2) is 44.4 Å². The third-order valence-corrected chi connectivity index (χ3v) is 6.06. The molecule has 2 heterocycles. The Balaban J connectivity index is 2.09. The number of thiazole rings is 1. The zero-order valence-electron chi connectivity index (χ0n) is 17.6. The van der Waals surface area contributed by atoms with E-state index >= 15 is 0 Å². The number of carbonyl (C=O) groups is 2. The Morgan fingerprint density at radius 1 is 1.03 bits per heavy atom. The molecule has 0 spiro atoms. The molecule has 0 unspecified atom stereocenters. The maximum atomic E-state index is 13.3. The van der Waals surface area contributed by atoms with Crippen molar-refractivity contribution in [3.63, 3.8) is 0 Å².